The van der Waals surface area contributed by atoms with E-state index in [9.17, 15) is 9.59 Å². The molecule has 0 radical (unpaired) electrons. The molecule has 6 nitrogen and oxygen atoms in total. The highest BCUT2D eigenvalue weighted by atomic mass is 16.5. The molecule has 0 unspecified atom stereocenters. The Labute approximate surface area is 184 Å². The first-order chi connectivity index (χ1) is 14.8. The largest absolute Gasteiger partial charge is 0.481 e. The number of hydrogen-bond donors (Lipinski definition) is 2. The lowest BCUT2D eigenvalue weighted by molar-refractivity contribution is -0.122. The van der Waals surface area contributed by atoms with E-state index in [2.05, 4.69) is 24.5 Å². The molecule has 1 saturated heterocycles. The predicted octanol–water partition coefficient (Wildman–Crippen LogP) is 4.43. The molecule has 1 aliphatic rings. The minimum atomic E-state index is -0.720. The molecule has 0 aliphatic carbocycles. The lowest BCUT2D eigenvalue weighted by Crippen LogP contribution is -2.34. The quantitative estimate of drug-likeness (QED) is 0.657. The summed E-state index contributed by atoms with van der Waals surface area (Å²) in [5.74, 6) is 0.440. The van der Waals surface area contributed by atoms with Crippen LogP contribution in [-0.4, -0.2) is 37.2 Å². The number of amides is 2. The van der Waals surface area contributed by atoms with Crippen LogP contribution in [0.2, 0.25) is 0 Å². The van der Waals surface area contributed by atoms with Crippen molar-refractivity contribution >= 4 is 17.5 Å². The number of benzene rings is 2. The Balaban J connectivity index is 1.66. The SMILES string of the molecule is Cc1ccc(C(C)C)c(O[C@H](C)C(=O)Nc2ccccc2C(=O)NC[C@@H]2CCCO2)c1. The highest BCUT2D eigenvalue weighted by Crippen LogP contribution is 2.28. The Hall–Kier alpha value is -2.86. The van der Waals surface area contributed by atoms with Crippen molar-refractivity contribution in [2.45, 2.75) is 58.7 Å². The van der Waals surface area contributed by atoms with Crippen molar-refractivity contribution in [1.82, 2.24) is 5.32 Å². The summed E-state index contributed by atoms with van der Waals surface area (Å²) in [6.07, 6.45) is 1.31. The third-order valence-electron chi connectivity index (χ3n) is 5.41. The summed E-state index contributed by atoms with van der Waals surface area (Å²) in [5.41, 5.74) is 3.00. The molecule has 2 amide bonds. The Morgan fingerprint density at radius 1 is 1.16 bits per heavy atom. The fraction of sp³-hybridized carbons (Fsp3) is 0.440. The molecule has 1 fully saturated rings. The highest BCUT2D eigenvalue weighted by Gasteiger charge is 2.21. The molecule has 0 saturated carbocycles. The summed E-state index contributed by atoms with van der Waals surface area (Å²) in [5, 5.41) is 5.75. The highest BCUT2D eigenvalue weighted by molar-refractivity contribution is 6.04. The Bertz CT molecular complexity index is 919. The molecular formula is C25H32N2O4. The van der Waals surface area contributed by atoms with Gasteiger partial charge < -0.3 is 20.1 Å². The molecular weight excluding hydrogens is 392 g/mol. The number of hydrogen-bond acceptors (Lipinski definition) is 4. The molecule has 0 spiro atoms. The Morgan fingerprint density at radius 2 is 1.94 bits per heavy atom. The van der Waals surface area contributed by atoms with Crippen LogP contribution in [-0.2, 0) is 9.53 Å². The van der Waals surface area contributed by atoms with Crippen molar-refractivity contribution in [2.75, 3.05) is 18.5 Å². The summed E-state index contributed by atoms with van der Waals surface area (Å²) >= 11 is 0. The van der Waals surface area contributed by atoms with E-state index in [1.165, 1.54) is 0 Å². The molecule has 6 heteroatoms. The maximum atomic E-state index is 12.8. The van der Waals surface area contributed by atoms with E-state index < -0.39 is 6.10 Å². The minimum Gasteiger partial charge on any atom is -0.481 e. The van der Waals surface area contributed by atoms with Gasteiger partial charge in [0.15, 0.2) is 6.10 Å². The van der Waals surface area contributed by atoms with Gasteiger partial charge in [-0.15, -0.1) is 0 Å². The van der Waals surface area contributed by atoms with E-state index in [1.54, 1.807) is 31.2 Å². The van der Waals surface area contributed by atoms with Gasteiger partial charge in [-0.25, -0.2) is 0 Å². The molecule has 166 valence electrons. The molecule has 0 aromatic heterocycles. The number of ether oxygens (including phenoxy) is 2. The topological polar surface area (TPSA) is 76.7 Å². The summed E-state index contributed by atoms with van der Waals surface area (Å²) in [6.45, 7) is 9.09. The van der Waals surface area contributed by atoms with Crippen LogP contribution in [0.25, 0.3) is 0 Å². The third-order valence-corrected chi connectivity index (χ3v) is 5.41. The fourth-order valence-corrected chi connectivity index (χ4v) is 3.60. The van der Waals surface area contributed by atoms with E-state index in [0.717, 1.165) is 30.6 Å². The van der Waals surface area contributed by atoms with Crippen LogP contribution in [0.4, 0.5) is 5.69 Å². The summed E-state index contributed by atoms with van der Waals surface area (Å²) in [6, 6.07) is 13.0. The molecule has 0 bridgehead atoms. The van der Waals surface area contributed by atoms with Crippen LogP contribution < -0.4 is 15.4 Å². The number of carbonyl (C=O) groups excluding carboxylic acids is 2. The van der Waals surface area contributed by atoms with E-state index in [4.69, 9.17) is 9.47 Å². The van der Waals surface area contributed by atoms with Crippen molar-refractivity contribution < 1.29 is 19.1 Å². The van der Waals surface area contributed by atoms with Gasteiger partial charge in [0.25, 0.3) is 11.8 Å². The Morgan fingerprint density at radius 3 is 2.65 bits per heavy atom. The van der Waals surface area contributed by atoms with E-state index in [-0.39, 0.29) is 23.8 Å². The van der Waals surface area contributed by atoms with E-state index >= 15 is 0 Å². The second-order valence-corrected chi connectivity index (χ2v) is 8.34. The summed E-state index contributed by atoms with van der Waals surface area (Å²) in [4.78, 5) is 25.5. The van der Waals surface area contributed by atoms with Crippen LogP contribution in [0, 0.1) is 6.92 Å². The van der Waals surface area contributed by atoms with Gasteiger partial charge in [0.1, 0.15) is 5.75 Å². The zero-order valence-corrected chi connectivity index (χ0v) is 18.7. The molecule has 2 N–H and O–H groups in total. The zero-order valence-electron chi connectivity index (χ0n) is 18.7. The smallest absolute Gasteiger partial charge is 0.265 e. The van der Waals surface area contributed by atoms with Crippen molar-refractivity contribution in [3.63, 3.8) is 0 Å². The van der Waals surface area contributed by atoms with E-state index in [0.29, 0.717) is 23.5 Å². The van der Waals surface area contributed by atoms with Crippen molar-refractivity contribution in [2.24, 2.45) is 0 Å². The first kappa shape index (κ1) is 22.8. The van der Waals surface area contributed by atoms with Crippen molar-refractivity contribution in [3.05, 3.63) is 59.2 Å². The first-order valence-electron chi connectivity index (χ1n) is 10.9. The fourth-order valence-electron chi connectivity index (χ4n) is 3.60. The second kappa shape index (κ2) is 10.4. The standard InChI is InChI=1S/C25H32N2O4/c1-16(2)20-12-11-17(3)14-23(20)31-18(4)24(28)27-22-10-6-5-9-21(22)25(29)26-15-19-8-7-13-30-19/h5-6,9-12,14,16,18-19H,7-8,13,15H2,1-4H3,(H,26,29)(H,27,28)/t18-,19+/m1/s1. The van der Waals surface area contributed by atoms with Crippen LogP contribution in [0.1, 0.15) is 61.0 Å². The molecule has 2 atom stereocenters. The number of anilines is 1. The molecule has 2 aromatic carbocycles. The number of nitrogens with one attached hydrogen (secondary N) is 2. The maximum Gasteiger partial charge on any atom is 0.265 e. The van der Waals surface area contributed by atoms with Gasteiger partial charge in [-0.2, -0.15) is 0 Å². The van der Waals surface area contributed by atoms with Crippen LogP contribution >= 0.6 is 0 Å². The van der Waals surface area contributed by atoms with Gasteiger partial charge in [0, 0.05) is 13.2 Å². The van der Waals surface area contributed by atoms with Gasteiger partial charge in [-0.3, -0.25) is 9.59 Å². The van der Waals surface area contributed by atoms with Crippen molar-refractivity contribution in [3.8, 4) is 5.75 Å². The summed E-state index contributed by atoms with van der Waals surface area (Å²) in [7, 11) is 0. The van der Waals surface area contributed by atoms with E-state index in [1.807, 2.05) is 25.1 Å². The normalized spacial score (nSPS) is 16.7. The summed E-state index contributed by atoms with van der Waals surface area (Å²) < 4.78 is 11.6. The Kier molecular flexibility index (Phi) is 7.69. The average Bonchev–Trinajstić information content (AvgIpc) is 3.26. The average molecular weight is 425 g/mol. The third kappa shape index (κ3) is 6.07. The first-order valence-corrected chi connectivity index (χ1v) is 10.9. The van der Waals surface area contributed by atoms with Crippen molar-refractivity contribution in [1.29, 1.82) is 0 Å². The van der Waals surface area contributed by atoms with Gasteiger partial charge in [-0.1, -0.05) is 38.1 Å². The number of carbonyl (C=O) groups is 2. The monoisotopic (exact) mass is 424 g/mol. The van der Waals surface area contributed by atoms with Crippen LogP contribution in [0.5, 0.6) is 5.75 Å². The number of rotatable bonds is 8. The minimum absolute atomic E-state index is 0.0589. The second-order valence-electron chi connectivity index (χ2n) is 8.34. The van der Waals surface area contributed by atoms with Gasteiger partial charge >= 0.3 is 0 Å². The van der Waals surface area contributed by atoms with Gasteiger partial charge in [-0.05, 0) is 61.9 Å². The van der Waals surface area contributed by atoms with Gasteiger partial charge in [0.2, 0.25) is 0 Å². The molecule has 31 heavy (non-hydrogen) atoms. The molecule has 1 aliphatic heterocycles. The predicted molar refractivity (Wildman–Crippen MR) is 122 cm³/mol. The maximum absolute atomic E-state index is 12.8. The van der Waals surface area contributed by atoms with Crippen LogP contribution in [0.15, 0.2) is 42.5 Å². The molecule has 2 aromatic rings. The zero-order chi connectivity index (χ0) is 22.4. The lowest BCUT2D eigenvalue weighted by Gasteiger charge is -2.20. The molecule has 1 heterocycles. The lowest BCUT2D eigenvalue weighted by atomic mass is 10.0. The van der Waals surface area contributed by atoms with Crippen LogP contribution in [0.3, 0.4) is 0 Å². The number of aryl methyl sites for hydroxylation is 1. The molecule has 3 rings (SSSR count). The number of para-hydroxylation sites is 1. The van der Waals surface area contributed by atoms with Gasteiger partial charge in [0.05, 0.1) is 17.4 Å².